The van der Waals surface area contributed by atoms with Crippen LogP contribution in [0.5, 0.6) is 0 Å². The second kappa shape index (κ2) is 5.18. The van der Waals surface area contributed by atoms with Gasteiger partial charge in [-0.1, -0.05) is 12.1 Å². The molecule has 72 valence electrons. The molecule has 0 saturated carbocycles. The normalized spacial score (nSPS) is 10.5. The van der Waals surface area contributed by atoms with Crippen LogP contribution in [0.25, 0.3) is 0 Å². The van der Waals surface area contributed by atoms with Crippen LogP contribution in [0.15, 0.2) is 24.3 Å². The van der Waals surface area contributed by atoms with E-state index in [2.05, 4.69) is 49.7 Å². The van der Waals surface area contributed by atoms with Crippen molar-refractivity contribution in [2.75, 3.05) is 11.6 Å². The molecule has 1 rings (SSSR count). The van der Waals surface area contributed by atoms with Gasteiger partial charge < -0.3 is 5.32 Å². The average molecular weight is 195 g/mol. The van der Waals surface area contributed by atoms with Crippen LogP contribution in [0.3, 0.4) is 0 Å². The lowest BCUT2D eigenvalue weighted by Crippen LogP contribution is -2.09. The zero-order valence-electron chi connectivity index (χ0n) is 8.50. The monoisotopic (exact) mass is 195 g/mol. The van der Waals surface area contributed by atoms with Gasteiger partial charge in [0.1, 0.15) is 0 Å². The third-order valence-electron chi connectivity index (χ3n) is 1.72. The standard InChI is InChI=1S/C11H17NS/c1-9(2)12-11-6-4-10(5-7-11)8-13-3/h4-7,9,12H,8H2,1-3H3. The number of anilines is 1. The first-order chi connectivity index (χ1) is 6.22. The van der Waals surface area contributed by atoms with Gasteiger partial charge in [0.25, 0.3) is 0 Å². The van der Waals surface area contributed by atoms with E-state index in [1.165, 1.54) is 11.3 Å². The molecule has 0 atom stereocenters. The Morgan fingerprint density at radius 2 is 1.85 bits per heavy atom. The Hall–Kier alpha value is -0.630. The number of benzene rings is 1. The van der Waals surface area contributed by atoms with Crippen LogP contribution in [-0.2, 0) is 5.75 Å². The van der Waals surface area contributed by atoms with E-state index in [0.717, 1.165) is 5.75 Å². The molecule has 0 aliphatic carbocycles. The molecule has 1 aromatic rings. The van der Waals surface area contributed by atoms with Gasteiger partial charge in [-0.3, -0.25) is 0 Å². The summed E-state index contributed by atoms with van der Waals surface area (Å²) < 4.78 is 0. The molecule has 0 amide bonds. The van der Waals surface area contributed by atoms with Crippen molar-refractivity contribution in [3.8, 4) is 0 Å². The molecule has 1 nitrogen and oxygen atoms in total. The maximum absolute atomic E-state index is 3.37. The topological polar surface area (TPSA) is 12.0 Å². The molecule has 1 aromatic carbocycles. The van der Waals surface area contributed by atoms with Crippen LogP contribution in [0.4, 0.5) is 5.69 Å². The van der Waals surface area contributed by atoms with Gasteiger partial charge in [-0.25, -0.2) is 0 Å². The van der Waals surface area contributed by atoms with Gasteiger partial charge in [-0.05, 0) is 37.8 Å². The lowest BCUT2D eigenvalue weighted by molar-refractivity contribution is 0.899. The van der Waals surface area contributed by atoms with Gasteiger partial charge in [0.2, 0.25) is 0 Å². The van der Waals surface area contributed by atoms with E-state index in [-0.39, 0.29) is 0 Å². The minimum absolute atomic E-state index is 0.506. The van der Waals surface area contributed by atoms with Crippen molar-refractivity contribution in [2.45, 2.75) is 25.6 Å². The second-order valence-electron chi connectivity index (χ2n) is 3.43. The van der Waals surface area contributed by atoms with E-state index < -0.39 is 0 Å². The van der Waals surface area contributed by atoms with Crippen LogP contribution in [0, 0.1) is 0 Å². The molecule has 0 aromatic heterocycles. The molecule has 0 spiro atoms. The predicted octanol–water partition coefficient (Wildman–Crippen LogP) is 3.37. The maximum Gasteiger partial charge on any atom is 0.0342 e. The first-order valence-electron chi connectivity index (χ1n) is 4.57. The molecule has 0 bridgehead atoms. The van der Waals surface area contributed by atoms with Crippen molar-refractivity contribution in [3.63, 3.8) is 0 Å². The molecule has 0 aliphatic heterocycles. The Bertz CT molecular complexity index is 241. The summed E-state index contributed by atoms with van der Waals surface area (Å²) >= 11 is 1.85. The highest BCUT2D eigenvalue weighted by Crippen LogP contribution is 2.14. The molecule has 0 saturated heterocycles. The van der Waals surface area contributed by atoms with Crippen LogP contribution in [-0.4, -0.2) is 12.3 Å². The van der Waals surface area contributed by atoms with Gasteiger partial charge in [0.05, 0.1) is 0 Å². The Morgan fingerprint density at radius 1 is 1.23 bits per heavy atom. The molecule has 2 heteroatoms. The summed E-state index contributed by atoms with van der Waals surface area (Å²) in [4.78, 5) is 0. The first-order valence-corrected chi connectivity index (χ1v) is 5.96. The van der Waals surface area contributed by atoms with Gasteiger partial charge in [-0.15, -0.1) is 0 Å². The zero-order chi connectivity index (χ0) is 9.68. The Morgan fingerprint density at radius 3 is 2.31 bits per heavy atom. The van der Waals surface area contributed by atoms with E-state index in [1.54, 1.807) is 0 Å². The summed E-state index contributed by atoms with van der Waals surface area (Å²) in [6.07, 6.45) is 2.13. The number of hydrogen-bond donors (Lipinski definition) is 1. The second-order valence-corrected chi connectivity index (χ2v) is 4.29. The van der Waals surface area contributed by atoms with Crippen molar-refractivity contribution >= 4 is 17.4 Å². The lowest BCUT2D eigenvalue weighted by Gasteiger charge is -2.09. The minimum Gasteiger partial charge on any atom is -0.383 e. The van der Waals surface area contributed by atoms with Crippen LogP contribution in [0.1, 0.15) is 19.4 Å². The lowest BCUT2D eigenvalue weighted by atomic mass is 10.2. The Kier molecular flexibility index (Phi) is 4.16. The van der Waals surface area contributed by atoms with Crippen molar-refractivity contribution < 1.29 is 0 Å². The quantitative estimate of drug-likeness (QED) is 0.790. The van der Waals surface area contributed by atoms with E-state index in [1.807, 2.05) is 11.8 Å². The SMILES string of the molecule is CSCc1ccc(NC(C)C)cc1. The first kappa shape index (κ1) is 10.5. The van der Waals surface area contributed by atoms with Crippen molar-refractivity contribution in [3.05, 3.63) is 29.8 Å². The summed E-state index contributed by atoms with van der Waals surface area (Å²) in [6.45, 7) is 4.30. The van der Waals surface area contributed by atoms with Gasteiger partial charge in [0, 0.05) is 17.5 Å². The van der Waals surface area contributed by atoms with E-state index in [9.17, 15) is 0 Å². The molecular formula is C11H17NS. The maximum atomic E-state index is 3.37. The molecule has 1 N–H and O–H groups in total. The molecule has 0 unspecified atom stereocenters. The Labute approximate surface area is 84.9 Å². The number of thioether (sulfide) groups is 1. The van der Waals surface area contributed by atoms with Crippen LogP contribution < -0.4 is 5.32 Å². The fourth-order valence-electron chi connectivity index (χ4n) is 1.20. The summed E-state index contributed by atoms with van der Waals surface area (Å²) in [6, 6.07) is 9.16. The number of hydrogen-bond acceptors (Lipinski definition) is 2. The summed E-state index contributed by atoms with van der Waals surface area (Å²) in [5, 5.41) is 3.37. The highest BCUT2D eigenvalue weighted by atomic mass is 32.2. The Balaban J connectivity index is 2.59. The highest BCUT2D eigenvalue weighted by molar-refractivity contribution is 7.97. The summed E-state index contributed by atoms with van der Waals surface area (Å²) in [7, 11) is 0. The molecule has 0 fully saturated rings. The number of nitrogens with one attached hydrogen (secondary N) is 1. The molecule has 13 heavy (non-hydrogen) atoms. The van der Waals surface area contributed by atoms with Crippen molar-refractivity contribution in [1.29, 1.82) is 0 Å². The zero-order valence-corrected chi connectivity index (χ0v) is 9.32. The molecular weight excluding hydrogens is 178 g/mol. The summed E-state index contributed by atoms with van der Waals surface area (Å²) in [5.41, 5.74) is 2.60. The van der Waals surface area contributed by atoms with Crippen LogP contribution >= 0.6 is 11.8 Å². The van der Waals surface area contributed by atoms with Gasteiger partial charge in [0.15, 0.2) is 0 Å². The molecule has 0 heterocycles. The van der Waals surface area contributed by atoms with Gasteiger partial charge >= 0.3 is 0 Å². The number of rotatable bonds is 4. The largest absolute Gasteiger partial charge is 0.383 e. The van der Waals surface area contributed by atoms with Crippen LogP contribution in [0.2, 0.25) is 0 Å². The fourth-order valence-corrected chi connectivity index (χ4v) is 1.72. The minimum atomic E-state index is 0.506. The van der Waals surface area contributed by atoms with Gasteiger partial charge in [-0.2, -0.15) is 11.8 Å². The van der Waals surface area contributed by atoms with E-state index in [0.29, 0.717) is 6.04 Å². The average Bonchev–Trinajstić information content (AvgIpc) is 2.08. The third-order valence-corrected chi connectivity index (χ3v) is 2.34. The predicted molar refractivity (Wildman–Crippen MR) is 62.4 cm³/mol. The van der Waals surface area contributed by atoms with E-state index >= 15 is 0 Å². The fraction of sp³-hybridized carbons (Fsp3) is 0.455. The smallest absolute Gasteiger partial charge is 0.0342 e. The van der Waals surface area contributed by atoms with Crippen molar-refractivity contribution in [1.82, 2.24) is 0 Å². The molecule has 0 aliphatic rings. The van der Waals surface area contributed by atoms with Crippen molar-refractivity contribution in [2.24, 2.45) is 0 Å². The molecule has 0 radical (unpaired) electrons. The summed E-state index contributed by atoms with van der Waals surface area (Å²) in [5.74, 6) is 1.10. The highest BCUT2D eigenvalue weighted by Gasteiger charge is 1.95. The van der Waals surface area contributed by atoms with E-state index in [4.69, 9.17) is 0 Å². The third kappa shape index (κ3) is 3.73.